The van der Waals surface area contributed by atoms with Crippen LogP contribution in [0, 0.1) is 6.92 Å². The molecule has 0 saturated heterocycles. The molecule has 1 saturated carbocycles. The quantitative estimate of drug-likeness (QED) is 0.912. The zero-order valence-electron chi connectivity index (χ0n) is 15.1. The van der Waals surface area contributed by atoms with Gasteiger partial charge in [0.1, 0.15) is 0 Å². The van der Waals surface area contributed by atoms with Crippen LogP contribution >= 0.6 is 0 Å². The van der Waals surface area contributed by atoms with Crippen molar-refractivity contribution in [1.82, 2.24) is 15.1 Å². The maximum absolute atomic E-state index is 12.8. The second-order valence-electron chi connectivity index (χ2n) is 7.55. The molecule has 1 aliphatic heterocycles. The number of nitrogens with zero attached hydrogens (tertiary/aromatic N) is 3. The van der Waals surface area contributed by atoms with Crippen LogP contribution in [0.25, 0.3) is 0 Å². The van der Waals surface area contributed by atoms with E-state index in [4.69, 9.17) is 0 Å². The number of carbonyl (C=O) groups excluding carboxylic acids is 1. The van der Waals surface area contributed by atoms with Gasteiger partial charge >= 0.3 is 0 Å². The average Bonchev–Trinajstić information content (AvgIpc) is 3.34. The first-order valence-corrected chi connectivity index (χ1v) is 9.23. The summed E-state index contributed by atoms with van der Waals surface area (Å²) in [6.45, 7) is 4.07. The number of carbonyl (C=O) groups is 1. The van der Waals surface area contributed by atoms with Crippen molar-refractivity contribution in [2.24, 2.45) is 0 Å². The Kier molecular flexibility index (Phi) is 4.34. The van der Waals surface area contributed by atoms with Crippen molar-refractivity contribution in [2.75, 3.05) is 25.0 Å². The fraction of sp³-hybridized carbons (Fsp3) is 0.500. The van der Waals surface area contributed by atoms with Crippen LogP contribution < -0.4 is 4.90 Å². The maximum Gasteiger partial charge on any atom is 0.241 e. The van der Waals surface area contributed by atoms with Crippen LogP contribution in [0.5, 0.6) is 0 Å². The number of benzene rings is 1. The zero-order chi connectivity index (χ0) is 17.4. The molecule has 1 aromatic heterocycles. The monoisotopic (exact) mass is 338 g/mol. The molecule has 2 aliphatic rings. The van der Waals surface area contributed by atoms with E-state index >= 15 is 0 Å². The molecular formula is C20H26N4O. The lowest BCUT2D eigenvalue weighted by Crippen LogP contribution is -2.41. The minimum atomic E-state index is 0.175. The smallest absolute Gasteiger partial charge is 0.241 e. The van der Waals surface area contributed by atoms with Crippen molar-refractivity contribution in [3.63, 3.8) is 0 Å². The number of anilines is 1. The summed E-state index contributed by atoms with van der Waals surface area (Å²) >= 11 is 0. The Morgan fingerprint density at radius 2 is 2.20 bits per heavy atom. The number of hydrogen-bond donors (Lipinski definition) is 1. The van der Waals surface area contributed by atoms with E-state index in [0.717, 1.165) is 37.3 Å². The van der Waals surface area contributed by atoms with E-state index in [1.807, 2.05) is 11.9 Å². The Labute approximate surface area is 149 Å². The second-order valence-corrected chi connectivity index (χ2v) is 7.55. The predicted octanol–water partition coefficient (Wildman–Crippen LogP) is 3.01. The van der Waals surface area contributed by atoms with Gasteiger partial charge in [-0.2, -0.15) is 5.10 Å². The van der Waals surface area contributed by atoms with Gasteiger partial charge in [0.25, 0.3) is 0 Å². The summed E-state index contributed by atoms with van der Waals surface area (Å²) in [6, 6.07) is 8.55. The lowest BCUT2D eigenvalue weighted by atomic mass is 9.99. The molecule has 0 bridgehead atoms. The normalized spacial score (nSPS) is 17.0. The molecule has 0 spiro atoms. The summed E-state index contributed by atoms with van der Waals surface area (Å²) in [5, 5.41) is 7.51. The van der Waals surface area contributed by atoms with Crippen molar-refractivity contribution in [1.29, 1.82) is 0 Å². The van der Waals surface area contributed by atoms with E-state index in [1.165, 1.54) is 29.7 Å². The van der Waals surface area contributed by atoms with Crippen molar-refractivity contribution in [2.45, 2.75) is 45.1 Å². The number of rotatable bonds is 5. The number of fused-ring (bicyclic) bond motifs is 1. The third kappa shape index (κ3) is 3.61. The number of aromatic amines is 1. The van der Waals surface area contributed by atoms with E-state index in [0.29, 0.717) is 12.5 Å². The number of nitrogens with one attached hydrogen (secondary N) is 1. The molecule has 1 aliphatic carbocycles. The summed E-state index contributed by atoms with van der Waals surface area (Å²) < 4.78 is 0. The minimum absolute atomic E-state index is 0.175. The Bertz CT molecular complexity index is 778. The van der Waals surface area contributed by atoms with Crippen LogP contribution in [0.15, 0.2) is 24.3 Å². The van der Waals surface area contributed by atoms with Crippen molar-refractivity contribution < 1.29 is 4.79 Å². The molecule has 4 rings (SSSR count). The SMILES string of the molecule is Cc1ccc2c(c1)CCCN2C(=O)CN(C)Cc1cc(C2CC2)n[nH]1. The highest BCUT2D eigenvalue weighted by atomic mass is 16.2. The largest absolute Gasteiger partial charge is 0.311 e. The molecule has 25 heavy (non-hydrogen) atoms. The number of aromatic nitrogens is 2. The van der Waals surface area contributed by atoms with Gasteiger partial charge in [0.2, 0.25) is 5.91 Å². The lowest BCUT2D eigenvalue weighted by molar-refractivity contribution is -0.119. The number of aryl methyl sites for hydroxylation is 2. The van der Waals surface area contributed by atoms with Gasteiger partial charge in [-0.25, -0.2) is 0 Å². The van der Waals surface area contributed by atoms with Crippen LogP contribution in [0.2, 0.25) is 0 Å². The van der Waals surface area contributed by atoms with Gasteiger partial charge in [-0.3, -0.25) is 14.8 Å². The first-order chi connectivity index (χ1) is 12.1. The van der Waals surface area contributed by atoms with Gasteiger partial charge < -0.3 is 4.90 Å². The first kappa shape index (κ1) is 16.3. The molecule has 1 amide bonds. The van der Waals surface area contributed by atoms with Crippen LogP contribution in [-0.4, -0.2) is 41.1 Å². The van der Waals surface area contributed by atoms with Crippen LogP contribution in [0.3, 0.4) is 0 Å². The molecule has 0 atom stereocenters. The van der Waals surface area contributed by atoms with E-state index in [1.54, 1.807) is 0 Å². The van der Waals surface area contributed by atoms with Crippen molar-refractivity contribution >= 4 is 11.6 Å². The summed E-state index contributed by atoms with van der Waals surface area (Å²) in [5.41, 5.74) is 5.91. The van der Waals surface area contributed by atoms with Gasteiger partial charge in [0, 0.05) is 30.4 Å². The molecule has 0 unspecified atom stereocenters. The van der Waals surface area contributed by atoms with Gasteiger partial charge in [0.15, 0.2) is 0 Å². The molecule has 1 aromatic carbocycles. The fourth-order valence-corrected chi connectivity index (χ4v) is 3.70. The highest BCUT2D eigenvalue weighted by Crippen LogP contribution is 2.39. The highest BCUT2D eigenvalue weighted by molar-refractivity contribution is 5.96. The van der Waals surface area contributed by atoms with Crippen LogP contribution in [0.1, 0.15) is 47.7 Å². The Balaban J connectivity index is 1.39. The minimum Gasteiger partial charge on any atom is -0.311 e. The molecule has 1 N–H and O–H groups in total. The standard InChI is InChI=1S/C20H26N4O/c1-14-5-8-19-16(10-14)4-3-9-24(19)20(25)13-23(2)12-17-11-18(22-21-17)15-6-7-15/h5,8,10-11,15H,3-4,6-7,9,12-13H2,1-2H3,(H,21,22). The van der Waals surface area contributed by atoms with Gasteiger partial charge in [-0.05, 0) is 57.4 Å². The molecule has 5 nitrogen and oxygen atoms in total. The summed E-state index contributed by atoms with van der Waals surface area (Å²) in [5.74, 6) is 0.833. The summed E-state index contributed by atoms with van der Waals surface area (Å²) in [4.78, 5) is 16.8. The molecule has 2 heterocycles. The molecule has 132 valence electrons. The molecule has 1 fully saturated rings. The molecular weight excluding hydrogens is 312 g/mol. The third-order valence-corrected chi connectivity index (χ3v) is 5.15. The lowest BCUT2D eigenvalue weighted by Gasteiger charge is -2.31. The van der Waals surface area contributed by atoms with E-state index in [9.17, 15) is 4.79 Å². The Hall–Kier alpha value is -2.14. The fourth-order valence-electron chi connectivity index (χ4n) is 3.70. The van der Waals surface area contributed by atoms with Gasteiger partial charge in [-0.1, -0.05) is 17.7 Å². The van der Waals surface area contributed by atoms with Crippen molar-refractivity contribution in [3.8, 4) is 0 Å². The molecule has 5 heteroatoms. The van der Waals surface area contributed by atoms with Crippen LogP contribution in [0.4, 0.5) is 5.69 Å². The van der Waals surface area contributed by atoms with E-state index < -0.39 is 0 Å². The van der Waals surface area contributed by atoms with E-state index in [2.05, 4.69) is 46.3 Å². The summed E-state index contributed by atoms with van der Waals surface area (Å²) in [7, 11) is 2.00. The van der Waals surface area contributed by atoms with Crippen molar-refractivity contribution in [3.05, 3.63) is 46.8 Å². The molecule has 0 radical (unpaired) electrons. The molecule has 2 aromatic rings. The highest BCUT2D eigenvalue weighted by Gasteiger charge is 2.27. The second kappa shape index (κ2) is 6.64. The number of amides is 1. The Morgan fingerprint density at radius 1 is 1.36 bits per heavy atom. The zero-order valence-corrected chi connectivity index (χ0v) is 15.1. The predicted molar refractivity (Wildman–Crippen MR) is 98.7 cm³/mol. The average molecular weight is 338 g/mol. The number of H-pyrrole nitrogens is 1. The van der Waals surface area contributed by atoms with Gasteiger partial charge in [0.05, 0.1) is 12.2 Å². The number of hydrogen-bond acceptors (Lipinski definition) is 3. The topological polar surface area (TPSA) is 52.2 Å². The van der Waals surface area contributed by atoms with E-state index in [-0.39, 0.29) is 5.91 Å². The van der Waals surface area contributed by atoms with Gasteiger partial charge in [-0.15, -0.1) is 0 Å². The van der Waals surface area contributed by atoms with Crippen LogP contribution in [-0.2, 0) is 17.8 Å². The number of likely N-dealkylation sites (N-methyl/N-ethyl adjacent to an activating group) is 1. The first-order valence-electron chi connectivity index (χ1n) is 9.23. The third-order valence-electron chi connectivity index (χ3n) is 5.15. The Morgan fingerprint density at radius 3 is 3.00 bits per heavy atom. The maximum atomic E-state index is 12.8. The summed E-state index contributed by atoms with van der Waals surface area (Å²) in [6.07, 6.45) is 4.62.